The molecule has 0 bridgehead atoms. The van der Waals surface area contributed by atoms with E-state index in [1.807, 2.05) is 18.2 Å². The molecule has 1 aliphatic rings. The van der Waals surface area contributed by atoms with E-state index in [1.165, 1.54) is 0 Å². The van der Waals surface area contributed by atoms with E-state index < -0.39 is 5.41 Å². The Morgan fingerprint density at radius 3 is 2.88 bits per heavy atom. The van der Waals surface area contributed by atoms with E-state index in [0.717, 1.165) is 67.7 Å². The highest BCUT2D eigenvalue weighted by molar-refractivity contribution is 5.97. The summed E-state index contributed by atoms with van der Waals surface area (Å²) in [6, 6.07) is 5.85. The lowest BCUT2D eigenvalue weighted by Gasteiger charge is -2.35. The molecule has 1 saturated heterocycles. The summed E-state index contributed by atoms with van der Waals surface area (Å²) >= 11 is 0. The Labute approximate surface area is 148 Å². The van der Waals surface area contributed by atoms with E-state index in [-0.39, 0.29) is 5.91 Å². The minimum atomic E-state index is -0.449. The van der Waals surface area contributed by atoms with Gasteiger partial charge in [0, 0.05) is 19.2 Å². The average molecular weight is 344 g/mol. The number of carbonyl (C=O) groups excluding carboxylic acids is 1. The topological polar surface area (TPSA) is 79.0 Å². The van der Waals surface area contributed by atoms with Gasteiger partial charge in [0.1, 0.15) is 5.82 Å². The van der Waals surface area contributed by atoms with Gasteiger partial charge in [-0.25, -0.2) is 4.98 Å². The van der Waals surface area contributed by atoms with Crippen molar-refractivity contribution in [2.45, 2.75) is 39.0 Å². The first kappa shape index (κ1) is 17.9. The van der Waals surface area contributed by atoms with E-state index in [1.54, 1.807) is 7.11 Å². The zero-order valence-corrected chi connectivity index (χ0v) is 15.2. The Morgan fingerprint density at radius 2 is 2.16 bits per heavy atom. The molecular weight excluding hydrogens is 316 g/mol. The maximum absolute atomic E-state index is 12.9. The van der Waals surface area contributed by atoms with Crippen molar-refractivity contribution in [3.05, 3.63) is 24.0 Å². The van der Waals surface area contributed by atoms with Crippen molar-refractivity contribution in [2.75, 3.05) is 32.1 Å². The SMILES string of the molecule is CCCCc1nc2ccc(NC(=O)C3(COC)CCNCC3)cc2[nH]1. The monoisotopic (exact) mass is 344 g/mol. The van der Waals surface area contributed by atoms with Crippen LogP contribution in [0.4, 0.5) is 5.69 Å². The molecule has 3 N–H and O–H groups in total. The quantitative estimate of drug-likeness (QED) is 0.722. The van der Waals surface area contributed by atoms with Crippen LogP contribution in [0.5, 0.6) is 0 Å². The fourth-order valence-corrected chi connectivity index (χ4v) is 3.49. The highest BCUT2D eigenvalue weighted by Gasteiger charge is 2.39. The van der Waals surface area contributed by atoms with Crippen LogP contribution >= 0.6 is 0 Å². The van der Waals surface area contributed by atoms with Crippen molar-refractivity contribution in [3.63, 3.8) is 0 Å². The molecule has 3 rings (SSSR count). The van der Waals surface area contributed by atoms with Gasteiger partial charge >= 0.3 is 0 Å². The molecule has 2 heterocycles. The number of carbonyl (C=O) groups is 1. The van der Waals surface area contributed by atoms with Crippen LogP contribution in [0.15, 0.2) is 18.2 Å². The van der Waals surface area contributed by atoms with Crippen LogP contribution in [-0.4, -0.2) is 42.7 Å². The minimum absolute atomic E-state index is 0.0425. The summed E-state index contributed by atoms with van der Waals surface area (Å²) in [7, 11) is 1.66. The van der Waals surface area contributed by atoms with Gasteiger partial charge in [0.15, 0.2) is 0 Å². The Balaban J connectivity index is 1.75. The maximum Gasteiger partial charge on any atom is 0.233 e. The number of unbranched alkanes of at least 4 members (excludes halogenated alkanes) is 1. The van der Waals surface area contributed by atoms with Crippen molar-refractivity contribution in [1.82, 2.24) is 15.3 Å². The highest BCUT2D eigenvalue weighted by Crippen LogP contribution is 2.31. The first-order valence-corrected chi connectivity index (χ1v) is 9.16. The third-order valence-corrected chi connectivity index (χ3v) is 5.02. The summed E-state index contributed by atoms with van der Waals surface area (Å²) < 4.78 is 5.35. The number of benzene rings is 1. The largest absolute Gasteiger partial charge is 0.384 e. The van der Waals surface area contributed by atoms with Crippen molar-refractivity contribution in [1.29, 1.82) is 0 Å². The third-order valence-electron chi connectivity index (χ3n) is 5.02. The van der Waals surface area contributed by atoms with Gasteiger partial charge in [-0.1, -0.05) is 13.3 Å². The van der Waals surface area contributed by atoms with E-state index in [2.05, 4.69) is 27.5 Å². The van der Waals surface area contributed by atoms with Crippen LogP contribution in [0.1, 0.15) is 38.4 Å². The maximum atomic E-state index is 12.9. The minimum Gasteiger partial charge on any atom is -0.384 e. The molecule has 6 heteroatoms. The molecule has 1 fully saturated rings. The lowest BCUT2D eigenvalue weighted by atomic mass is 9.78. The summed E-state index contributed by atoms with van der Waals surface area (Å²) in [5.74, 6) is 1.05. The smallest absolute Gasteiger partial charge is 0.233 e. The summed E-state index contributed by atoms with van der Waals surface area (Å²) in [6.07, 6.45) is 4.81. The molecule has 2 aromatic rings. The summed E-state index contributed by atoms with van der Waals surface area (Å²) in [5.41, 5.74) is 2.26. The number of aromatic amines is 1. The van der Waals surface area contributed by atoms with Crippen molar-refractivity contribution < 1.29 is 9.53 Å². The lowest BCUT2D eigenvalue weighted by molar-refractivity contribution is -0.130. The Kier molecular flexibility index (Phi) is 5.71. The number of methoxy groups -OCH3 is 1. The Bertz CT molecular complexity index is 714. The van der Waals surface area contributed by atoms with Gasteiger partial charge in [0.05, 0.1) is 23.1 Å². The van der Waals surface area contributed by atoms with Crippen LogP contribution in [0.2, 0.25) is 0 Å². The number of imidazole rings is 1. The Morgan fingerprint density at radius 1 is 1.36 bits per heavy atom. The second-order valence-corrected chi connectivity index (χ2v) is 6.94. The molecule has 0 unspecified atom stereocenters. The van der Waals surface area contributed by atoms with Crippen LogP contribution < -0.4 is 10.6 Å². The fourth-order valence-electron chi connectivity index (χ4n) is 3.49. The first-order chi connectivity index (χ1) is 12.2. The molecule has 6 nitrogen and oxygen atoms in total. The zero-order valence-electron chi connectivity index (χ0n) is 15.2. The molecule has 25 heavy (non-hydrogen) atoms. The lowest BCUT2D eigenvalue weighted by Crippen LogP contribution is -2.47. The molecule has 1 aromatic carbocycles. The van der Waals surface area contributed by atoms with Gasteiger partial charge < -0.3 is 20.4 Å². The number of hydrogen-bond acceptors (Lipinski definition) is 4. The number of anilines is 1. The molecule has 0 spiro atoms. The van der Waals surface area contributed by atoms with Crippen LogP contribution in [0.3, 0.4) is 0 Å². The second kappa shape index (κ2) is 7.97. The fraction of sp³-hybridized carbons (Fsp3) is 0.579. The van der Waals surface area contributed by atoms with Crippen molar-refractivity contribution in [2.24, 2.45) is 5.41 Å². The number of nitrogens with one attached hydrogen (secondary N) is 3. The summed E-state index contributed by atoms with van der Waals surface area (Å²) in [6.45, 7) is 4.31. The van der Waals surface area contributed by atoms with Gasteiger partial charge in [-0.15, -0.1) is 0 Å². The number of fused-ring (bicyclic) bond motifs is 1. The van der Waals surface area contributed by atoms with Crippen LogP contribution in [0.25, 0.3) is 11.0 Å². The number of aryl methyl sites for hydroxylation is 1. The number of ether oxygens (including phenoxy) is 1. The van der Waals surface area contributed by atoms with E-state index in [4.69, 9.17) is 4.74 Å². The molecule has 0 aliphatic carbocycles. The molecule has 0 saturated carbocycles. The number of aromatic nitrogens is 2. The number of piperidine rings is 1. The van der Waals surface area contributed by atoms with Gasteiger partial charge in [-0.2, -0.15) is 0 Å². The third kappa shape index (κ3) is 4.02. The number of rotatable bonds is 7. The van der Waals surface area contributed by atoms with Gasteiger partial charge in [0.25, 0.3) is 0 Å². The summed E-state index contributed by atoms with van der Waals surface area (Å²) in [5, 5.41) is 6.40. The van der Waals surface area contributed by atoms with Gasteiger partial charge in [-0.3, -0.25) is 4.79 Å². The predicted octanol–water partition coefficient (Wildman–Crippen LogP) is 2.86. The Hall–Kier alpha value is -1.92. The predicted molar refractivity (Wildman–Crippen MR) is 99.7 cm³/mol. The number of H-pyrrole nitrogens is 1. The number of hydrogen-bond donors (Lipinski definition) is 3. The molecule has 1 amide bonds. The number of nitrogens with zero attached hydrogens (tertiary/aromatic N) is 1. The molecule has 0 radical (unpaired) electrons. The van der Waals surface area contributed by atoms with Crippen LogP contribution in [-0.2, 0) is 16.0 Å². The van der Waals surface area contributed by atoms with E-state index in [0.29, 0.717) is 6.61 Å². The molecule has 0 atom stereocenters. The second-order valence-electron chi connectivity index (χ2n) is 6.94. The van der Waals surface area contributed by atoms with Crippen molar-refractivity contribution in [3.8, 4) is 0 Å². The van der Waals surface area contributed by atoms with E-state index in [9.17, 15) is 4.79 Å². The standard InChI is InChI=1S/C19H28N4O2/c1-3-4-5-17-22-15-7-6-14(12-16(15)23-17)21-18(24)19(13-25-2)8-10-20-11-9-19/h6-7,12,20H,3-5,8-11,13H2,1-2H3,(H,21,24)(H,22,23). The average Bonchev–Trinajstić information content (AvgIpc) is 3.03. The normalized spacial score (nSPS) is 16.9. The van der Waals surface area contributed by atoms with Crippen molar-refractivity contribution >= 4 is 22.6 Å². The van der Waals surface area contributed by atoms with E-state index >= 15 is 0 Å². The van der Waals surface area contributed by atoms with Gasteiger partial charge in [-0.05, 0) is 50.6 Å². The molecule has 136 valence electrons. The molecule has 1 aromatic heterocycles. The highest BCUT2D eigenvalue weighted by atomic mass is 16.5. The molecule has 1 aliphatic heterocycles. The summed E-state index contributed by atoms with van der Waals surface area (Å²) in [4.78, 5) is 20.9. The molecular formula is C19H28N4O2. The van der Waals surface area contributed by atoms with Gasteiger partial charge in [0.2, 0.25) is 5.91 Å². The first-order valence-electron chi connectivity index (χ1n) is 9.16. The number of amides is 1. The van der Waals surface area contributed by atoms with Crippen LogP contribution in [0, 0.1) is 5.41 Å². The zero-order chi connectivity index (χ0) is 17.7.